The molecule has 1 fully saturated rings. The predicted octanol–water partition coefficient (Wildman–Crippen LogP) is 3.40. The van der Waals surface area contributed by atoms with E-state index in [4.69, 9.17) is 16.3 Å². The maximum atomic E-state index is 12.7. The minimum Gasteiger partial charge on any atom is -0.484 e. The molecule has 0 saturated carbocycles. The molecular formula is C21H23ClN2O3. The molecule has 0 aromatic heterocycles. The third-order valence-electron chi connectivity index (χ3n) is 4.58. The van der Waals surface area contributed by atoms with E-state index < -0.39 is 0 Å². The zero-order valence-electron chi connectivity index (χ0n) is 15.4. The van der Waals surface area contributed by atoms with Crippen molar-refractivity contribution in [1.82, 2.24) is 9.80 Å². The second kappa shape index (κ2) is 8.91. The van der Waals surface area contributed by atoms with Crippen molar-refractivity contribution in [3.05, 3.63) is 64.7 Å². The fourth-order valence-electron chi connectivity index (χ4n) is 3.10. The van der Waals surface area contributed by atoms with Gasteiger partial charge < -0.3 is 14.5 Å². The Morgan fingerprint density at radius 1 is 1.00 bits per heavy atom. The average Bonchev–Trinajstić information content (AvgIpc) is 2.93. The molecule has 0 aliphatic carbocycles. The summed E-state index contributed by atoms with van der Waals surface area (Å²) < 4.78 is 5.54. The summed E-state index contributed by atoms with van der Waals surface area (Å²) >= 11 is 5.84. The number of carbonyl (C=O) groups excluding carboxylic acids is 2. The second-order valence-corrected chi connectivity index (χ2v) is 7.08. The Morgan fingerprint density at radius 3 is 2.44 bits per heavy atom. The fraction of sp³-hybridized carbons (Fsp3) is 0.333. The highest BCUT2D eigenvalue weighted by Gasteiger charge is 2.23. The van der Waals surface area contributed by atoms with Crippen LogP contribution in [0.3, 0.4) is 0 Å². The molecule has 0 spiro atoms. The Kier molecular flexibility index (Phi) is 6.35. The number of ether oxygens (including phenoxy) is 1. The summed E-state index contributed by atoms with van der Waals surface area (Å²) in [6, 6.07) is 14.5. The number of halogens is 1. The molecule has 1 aliphatic rings. The molecular weight excluding hydrogens is 364 g/mol. The lowest BCUT2D eigenvalue weighted by atomic mass is 10.1. The molecule has 0 bridgehead atoms. The van der Waals surface area contributed by atoms with Crippen LogP contribution in [0.4, 0.5) is 0 Å². The van der Waals surface area contributed by atoms with E-state index in [1.54, 1.807) is 29.2 Å². The molecule has 142 valence electrons. The fourth-order valence-corrected chi connectivity index (χ4v) is 3.22. The monoisotopic (exact) mass is 386 g/mol. The topological polar surface area (TPSA) is 49.9 Å². The highest BCUT2D eigenvalue weighted by atomic mass is 35.5. The molecule has 0 unspecified atom stereocenters. The van der Waals surface area contributed by atoms with Gasteiger partial charge in [-0.3, -0.25) is 9.59 Å². The highest BCUT2D eigenvalue weighted by molar-refractivity contribution is 6.30. The van der Waals surface area contributed by atoms with Crippen LogP contribution < -0.4 is 4.74 Å². The van der Waals surface area contributed by atoms with E-state index >= 15 is 0 Å². The smallest absolute Gasteiger partial charge is 0.260 e. The predicted molar refractivity (Wildman–Crippen MR) is 105 cm³/mol. The lowest BCUT2D eigenvalue weighted by molar-refractivity contribution is -0.133. The van der Waals surface area contributed by atoms with Crippen LogP contribution in [0, 0.1) is 6.92 Å². The molecule has 0 radical (unpaired) electrons. The quantitative estimate of drug-likeness (QED) is 0.809. The van der Waals surface area contributed by atoms with E-state index in [2.05, 4.69) is 0 Å². The number of amides is 2. The maximum Gasteiger partial charge on any atom is 0.260 e. The molecule has 1 heterocycles. The summed E-state index contributed by atoms with van der Waals surface area (Å²) in [6.45, 7) is 4.27. The summed E-state index contributed by atoms with van der Waals surface area (Å²) in [4.78, 5) is 28.7. The Hall–Kier alpha value is -2.53. The van der Waals surface area contributed by atoms with Gasteiger partial charge in [-0.15, -0.1) is 0 Å². The molecule has 3 rings (SSSR count). The summed E-state index contributed by atoms with van der Waals surface area (Å²) in [6.07, 6.45) is 0.754. The van der Waals surface area contributed by atoms with Gasteiger partial charge in [-0.05, 0) is 49.7 Å². The first-order valence-corrected chi connectivity index (χ1v) is 9.43. The summed E-state index contributed by atoms with van der Waals surface area (Å²) in [5.41, 5.74) is 1.76. The summed E-state index contributed by atoms with van der Waals surface area (Å²) in [5, 5.41) is 0.625. The van der Waals surface area contributed by atoms with Crippen LogP contribution in [0.15, 0.2) is 48.5 Å². The Labute approximate surface area is 164 Å². The van der Waals surface area contributed by atoms with E-state index in [1.165, 1.54) is 0 Å². The van der Waals surface area contributed by atoms with Crippen molar-refractivity contribution in [2.24, 2.45) is 0 Å². The zero-order valence-corrected chi connectivity index (χ0v) is 16.1. The number of hydrogen-bond acceptors (Lipinski definition) is 3. The van der Waals surface area contributed by atoms with Gasteiger partial charge in [0.1, 0.15) is 5.75 Å². The Bertz CT molecular complexity index is 807. The van der Waals surface area contributed by atoms with Gasteiger partial charge in [0, 0.05) is 36.8 Å². The number of hydrogen-bond donors (Lipinski definition) is 0. The first-order valence-electron chi connectivity index (χ1n) is 9.05. The summed E-state index contributed by atoms with van der Waals surface area (Å²) in [5.74, 6) is 0.555. The SMILES string of the molecule is Cc1cccc(C(=O)N2CCCN(C(=O)COc3ccc(Cl)cc3)CC2)c1. The minimum atomic E-state index is -0.0743. The van der Waals surface area contributed by atoms with Crippen molar-refractivity contribution in [2.75, 3.05) is 32.8 Å². The van der Waals surface area contributed by atoms with Gasteiger partial charge in [0.05, 0.1) is 0 Å². The molecule has 27 heavy (non-hydrogen) atoms. The number of rotatable bonds is 4. The molecule has 1 aliphatic heterocycles. The standard InChI is InChI=1S/C21H23ClN2O3/c1-16-4-2-5-17(14-16)21(26)24-11-3-10-23(12-13-24)20(25)15-27-19-8-6-18(22)7-9-19/h2,4-9,14H,3,10-13,15H2,1H3. The molecule has 0 atom stereocenters. The first kappa shape index (κ1) is 19.2. The summed E-state index contributed by atoms with van der Waals surface area (Å²) in [7, 11) is 0. The molecule has 1 saturated heterocycles. The number of nitrogens with zero attached hydrogens (tertiary/aromatic N) is 2. The minimum absolute atomic E-state index is 0.0189. The van der Waals surface area contributed by atoms with Crippen LogP contribution in [0.25, 0.3) is 0 Å². The van der Waals surface area contributed by atoms with Crippen LogP contribution in [0.1, 0.15) is 22.3 Å². The highest BCUT2D eigenvalue weighted by Crippen LogP contribution is 2.16. The number of carbonyl (C=O) groups is 2. The molecule has 2 amide bonds. The van der Waals surface area contributed by atoms with Crippen LogP contribution in [-0.2, 0) is 4.79 Å². The van der Waals surface area contributed by atoms with Crippen molar-refractivity contribution in [1.29, 1.82) is 0 Å². The molecule has 0 N–H and O–H groups in total. The number of benzene rings is 2. The largest absolute Gasteiger partial charge is 0.484 e. The van der Waals surface area contributed by atoms with Gasteiger partial charge in [0.25, 0.3) is 11.8 Å². The van der Waals surface area contributed by atoms with Crippen LogP contribution in [0.2, 0.25) is 5.02 Å². The first-order chi connectivity index (χ1) is 13.0. The normalized spacial score (nSPS) is 14.6. The van der Waals surface area contributed by atoms with Gasteiger partial charge in [0.2, 0.25) is 0 Å². The van der Waals surface area contributed by atoms with Crippen molar-refractivity contribution < 1.29 is 14.3 Å². The zero-order chi connectivity index (χ0) is 19.2. The van der Waals surface area contributed by atoms with E-state index in [1.807, 2.05) is 36.1 Å². The van der Waals surface area contributed by atoms with Gasteiger partial charge in [-0.25, -0.2) is 0 Å². The van der Waals surface area contributed by atoms with Crippen molar-refractivity contribution >= 4 is 23.4 Å². The lowest BCUT2D eigenvalue weighted by Crippen LogP contribution is -2.39. The van der Waals surface area contributed by atoms with E-state index in [9.17, 15) is 9.59 Å². The van der Waals surface area contributed by atoms with Crippen LogP contribution in [0.5, 0.6) is 5.75 Å². The Morgan fingerprint density at radius 2 is 1.70 bits per heavy atom. The van der Waals surface area contributed by atoms with Crippen LogP contribution >= 0.6 is 11.6 Å². The second-order valence-electron chi connectivity index (χ2n) is 6.64. The number of aryl methyl sites for hydroxylation is 1. The maximum absolute atomic E-state index is 12.7. The van der Waals surface area contributed by atoms with Gasteiger partial charge in [0.15, 0.2) is 6.61 Å². The van der Waals surface area contributed by atoms with Gasteiger partial charge in [-0.1, -0.05) is 29.3 Å². The van der Waals surface area contributed by atoms with E-state index in [0.717, 1.165) is 12.0 Å². The molecule has 2 aromatic rings. The Balaban J connectivity index is 1.53. The van der Waals surface area contributed by atoms with Crippen LogP contribution in [-0.4, -0.2) is 54.4 Å². The molecule has 6 heteroatoms. The van der Waals surface area contributed by atoms with Crippen molar-refractivity contribution in [3.63, 3.8) is 0 Å². The van der Waals surface area contributed by atoms with Gasteiger partial charge in [-0.2, -0.15) is 0 Å². The molecule has 5 nitrogen and oxygen atoms in total. The van der Waals surface area contributed by atoms with Crippen molar-refractivity contribution in [3.8, 4) is 5.75 Å². The third-order valence-corrected chi connectivity index (χ3v) is 4.83. The van der Waals surface area contributed by atoms with Gasteiger partial charge >= 0.3 is 0 Å². The average molecular weight is 387 g/mol. The van der Waals surface area contributed by atoms with E-state index in [-0.39, 0.29) is 18.4 Å². The third kappa shape index (κ3) is 5.23. The van der Waals surface area contributed by atoms with Crippen molar-refractivity contribution in [2.45, 2.75) is 13.3 Å². The lowest BCUT2D eigenvalue weighted by Gasteiger charge is -2.22. The molecule has 2 aromatic carbocycles. The van der Waals surface area contributed by atoms with E-state index in [0.29, 0.717) is 42.5 Å².